The number of rotatable bonds is 4. The number of hydrogen-bond donors (Lipinski definition) is 2. The van der Waals surface area contributed by atoms with Gasteiger partial charge in [-0.25, -0.2) is 17.8 Å². The molecule has 7 heteroatoms. The lowest BCUT2D eigenvalue weighted by Gasteiger charge is -2.29. The van der Waals surface area contributed by atoms with Gasteiger partial charge in [-0.3, -0.25) is 0 Å². The van der Waals surface area contributed by atoms with Gasteiger partial charge in [-0.15, -0.1) is 0 Å². The van der Waals surface area contributed by atoms with Crippen molar-refractivity contribution in [2.75, 3.05) is 18.0 Å². The summed E-state index contributed by atoms with van der Waals surface area (Å²) >= 11 is 0. The molecule has 2 aromatic carbocycles. The maximum atomic E-state index is 13.9. The molecule has 2 fully saturated rings. The summed E-state index contributed by atoms with van der Waals surface area (Å²) in [7, 11) is -2.91. The molecule has 5 rings (SSSR count). The fourth-order valence-electron chi connectivity index (χ4n) is 4.25. The van der Waals surface area contributed by atoms with E-state index in [0.717, 1.165) is 41.4 Å². The number of hydrogen-bond acceptors (Lipinski definition) is 3. The molecule has 2 N–H and O–H groups in total. The van der Waals surface area contributed by atoms with Crippen LogP contribution in [0.5, 0.6) is 0 Å². The topological polar surface area (TPSA) is 60.0 Å². The fourth-order valence-corrected chi connectivity index (χ4v) is 6.20. The molecule has 2 heterocycles. The second-order valence-electron chi connectivity index (χ2n) is 8.13. The molecule has 0 spiro atoms. The zero-order valence-electron chi connectivity index (χ0n) is 16.0. The van der Waals surface area contributed by atoms with Crippen molar-refractivity contribution in [1.82, 2.24) is 4.98 Å². The average molecular weight is 416 g/mol. The van der Waals surface area contributed by atoms with Gasteiger partial charge in [0.15, 0.2) is 0 Å². The van der Waals surface area contributed by atoms with Gasteiger partial charge in [0, 0.05) is 51.0 Å². The van der Waals surface area contributed by atoms with Gasteiger partial charge in [0.25, 0.3) is 5.92 Å². The van der Waals surface area contributed by atoms with E-state index in [-0.39, 0.29) is 24.8 Å². The van der Waals surface area contributed by atoms with Gasteiger partial charge >= 0.3 is 0 Å². The Balaban J connectivity index is 1.65. The van der Waals surface area contributed by atoms with Gasteiger partial charge in [-0.1, -0.05) is 24.6 Å². The number of anilines is 1. The predicted octanol–water partition coefficient (Wildman–Crippen LogP) is 5.64. The van der Waals surface area contributed by atoms with Gasteiger partial charge in [0.2, 0.25) is 0 Å². The average Bonchev–Trinajstić information content (AvgIpc) is 3.22. The van der Waals surface area contributed by atoms with Crippen LogP contribution in [0.15, 0.2) is 53.4 Å². The number of para-hydroxylation sites is 1. The maximum Gasteiger partial charge on any atom is 0.266 e. The van der Waals surface area contributed by atoms with Gasteiger partial charge < -0.3 is 9.88 Å². The standard InChI is InChI=1S/C22H23F2N3OS/c23-22(24)10-11-27(14-22)21-9-8-17(29(25,28)16-5-3-6-16)13-18(21)20-12-15-4-1-2-7-19(15)26-20/h1-2,4,7-9,12-13,16,25-26H,3,5-6,10-11,14H2. The van der Waals surface area contributed by atoms with E-state index in [1.807, 2.05) is 30.3 Å². The maximum absolute atomic E-state index is 13.9. The van der Waals surface area contributed by atoms with Crippen molar-refractivity contribution in [2.45, 2.75) is 41.8 Å². The third-order valence-electron chi connectivity index (χ3n) is 6.17. The molecule has 2 aliphatic rings. The van der Waals surface area contributed by atoms with Gasteiger partial charge in [0.05, 0.1) is 16.3 Å². The summed E-state index contributed by atoms with van der Waals surface area (Å²) in [4.78, 5) is 5.55. The van der Waals surface area contributed by atoms with Crippen molar-refractivity contribution in [3.63, 3.8) is 0 Å². The molecule has 29 heavy (non-hydrogen) atoms. The van der Waals surface area contributed by atoms with Crippen LogP contribution in [0.1, 0.15) is 25.7 Å². The van der Waals surface area contributed by atoms with Crippen molar-refractivity contribution in [3.05, 3.63) is 48.5 Å². The number of aromatic amines is 1. The summed E-state index contributed by atoms with van der Waals surface area (Å²) in [5, 5.41) is 0.913. The Labute approximate surface area is 168 Å². The molecule has 1 saturated heterocycles. The van der Waals surface area contributed by atoms with Gasteiger partial charge in [-0.05, 0) is 43.2 Å². The second kappa shape index (κ2) is 6.55. The highest BCUT2D eigenvalue weighted by molar-refractivity contribution is 7.93. The number of nitrogens with zero attached hydrogens (tertiary/aromatic N) is 1. The normalized spacial score (nSPS) is 21.2. The minimum Gasteiger partial charge on any atom is -0.365 e. The first-order chi connectivity index (χ1) is 13.8. The Morgan fingerprint density at radius 2 is 1.93 bits per heavy atom. The zero-order valence-corrected chi connectivity index (χ0v) is 16.8. The van der Waals surface area contributed by atoms with E-state index in [2.05, 4.69) is 4.98 Å². The van der Waals surface area contributed by atoms with Crippen LogP contribution >= 0.6 is 0 Å². The molecule has 1 aliphatic heterocycles. The molecule has 4 nitrogen and oxygen atoms in total. The molecule has 1 saturated carbocycles. The Bertz CT molecular complexity index is 1150. The Morgan fingerprint density at radius 1 is 1.14 bits per heavy atom. The molecule has 1 aliphatic carbocycles. The summed E-state index contributed by atoms with van der Waals surface area (Å²) < 4.78 is 49.5. The van der Waals surface area contributed by atoms with Crippen molar-refractivity contribution in [1.29, 1.82) is 4.78 Å². The van der Waals surface area contributed by atoms with Gasteiger partial charge in [0.1, 0.15) is 0 Å². The molecular formula is C22H23F2N3OS. The first kappa shape index (κ1) is 18.6. The van der Waals surface area contributed by atoms with Crippen LogP contribution in [0.4, 0.5) is 14.5 Å². The quantitative estimate of drug-likeness (QED) is 0.579. The van der Waals surface area contributed by atoms with Crippen LogP contribution in [-0.2, 0) is 9.73 Å². The highest BCUT2D eigenvalue weighted by Crippen LogP contribution is 2.40. The Morgan fingerprint density at radius 3 is 2.59 bits per heavy atom. The number of halogens is 2. The summed E-state index contributed by atoms with van der Waals surface area (Å²) in [5.74, 6) is -2.70. The third-order valence-corrected chi connectivity index (χ3v) is 8.53. The van der Waals surface area contributed by atoms with E-state index in [1.54, 1.807) is 23.1 Å². The Kier molecular flexibility index (Phi) is 4.21. The van der Waals surface area contributed by atoms with Crippen LogP contribution in [0, 0.1) is 4.78 Å². The zero-order chi connectivity index (χ0) is 20.2. The molecular weight excluding hydrogens is 392 g/mol. The molecule has 0 amide bonds. The lowest BCUT2D eigenvalue weighted by molar-refractivity contribution is 0.0257. The van der Waals surface area contributed by atoms with Crippen molar-refractivity contribution in [3.8, 4) is 11.3 Å². The largest absolute Gasteiger partial charge is 0.365 e. The Hall–Kier alpha value is -2.41. The van der Waals surface area contributed by atoms with Crippen LogP contribution in [-0.4, -0.2) is 33.5 Å². The number of H-pyrrole nitrogens is 1. The van der Waals surface area contributed by atoms with E-state index in [1.165, 1.54) is 0 Å². The van der Waals surface area contributed by atoms with Crippen molar-refractivity contribution in [2.24, 2.45) is 0 Å². The lowest BCUT2D eigenvalue weighted by Crippen LogP contribution is -2.28. The predicted molar refractivity (Wildman–Crippen MR) is 112 cm³/mol. The van der Waals surface area contributed by atoms with Crippen LogP contribution < -0.4 is 4.90 Å². The fraction of sp³-hybridized carbons (Fsp3) is 0.364. The lowest BCUT2D eigenvalue weighted by atomic mass is 10.00. The molecule has 0 bridgehead atoms. The first-order valence-electron chi connectivity index (χ1n) is 9.96. The molecule has 3 aromatic rings. The molecule has 152 valence electrons. The number of fused-ring (bicyclic) bond motifs is 1. The highest BCUT2D eigenvalue weighted by atomic mass is 32.2. The summed E-state index contributed by atoms with van der Waals surface area (Å²) in [6.45, 7) is -0.0447. The molecule has 1 atom stereocenters. The van der Waals surface area contributed by atoms with E-state index in [0.29, 0.717) is 10.6 Å². The van der Waals surface area contributed by atoms with Crippen molar-refractivity contribution >= 4 is 26.3 Å². The molecule has 0 radical (unpaired) electrons. The second-order valence-corrected chi connectivity index (χ2v) is 10.5. The number of benzene rings is 2. The molecule has 1 unspecified atom stereocenters. The first-order valence-corrected chi connectivity index (χ1v) is 11.6. The number of nitrogens with one attached hydrogen (secondary N) is 2. The summed E-state index contributed by atoms with van der Waals surface area (Å²) in [6, 6.07) is 15.1. The van der Waals surface area contributed by atoms with Crippen LogP contribution in [0.3, 0.4) is 0 Å². The SMILES string of the molecule is N=S(=O)(c1ccc(N2CCC(F)(F)C2)c(-c2cc3ccccc3[nH]2)c1)C1CCC1. The number of alkyl halides is 2. The van der Waals surface area contributed by atoms with Crippen molar-refractivity contribution < 1.29 is 13.0 Å². The minimum atomic E-state index is -2.91. The summed E-state index contributed by atoms with van der Waals surface area (Å²) in [6.07, 6.45) is 2.46. The third kappa shape index (κ3) is 3.21. The highest BCUT2D eigenvalue weighted by Gasteiger charge is 2.39. The monoisotopic (exact) mass is 415 g/mol. The van der Waals surface area contributed by atoms with E-state index in [4.69, 9.17) is 4.78 Å². The smallest absolute Gasteiger partial charge is 0.266 e. The minimum absolute atomic E-state index is 0.111. The van der Waals surface area contributed by atoms with E-state index >= 15 is 0 Å². The van der Waals surface area contributed by atoms with Gasteiger partial charge in [-0.2, -0.15) is 0 Å². The summed E-state index contributed by atoms with van der Waals surface area (Å²) in [5.41, 5.74) is 3.18. The number of aromatic nitrogens is 1. The van der Waals surface area contributed by atoms with Crippen LogP contribution in [0.25, 0.3) is 22.2 Å². The van der Waals surface area contributed by atoms with Crippen LogP contribution in [0.2, 0.25) is 0 Å². The molecule has 1 aromatic heterocycles. The van der Waals surface area contributed by atoms with E-state index < -0.39 is 15.7 Å². The van der Waals surface area contributed by atoms with E-state index in [9.17, 15) is 13.0 Å².